The number of hydrogen-bond acceptors (Lipinski definition) is 0. The van der Waals surface area contributed by atoms with Crippen LogP contribution in [0.5, 0.6) is 0 Å². The molecule has 0 bridgehead atoms. The zero-order chi connectivity index (χ0) is 10.8. The molecule has 78 valence electrons. The van der Waals surface area contributed by atoms with Gasteiger partial charge in [-0.2, -0.15) is 0 Å². The highest BCUT2D eigenvalue weighted by molar-refractivity contribution is 5.86. The second-order valence-corrected chi connectivity index (χ2v) is 4.36. The molecule has 0 radical (unpaired) electrons. The molecule has 0 aliphatic carbocycles. The molecule has 0 fully saturated rings. The molecule has 0 N–H and O–H groups in total. The molecule has 2 aromatic carbocycles. The second-order valence-electron chi connectivity index (χ2n) is 4.36. The van der Waals surface area contributed by atoms with Crippen LogP contribution in [0.2, 0.25) is 0 Å². The standard InChI is InChI=1S/C15H18/c1-4-11(2)14-9-8-13-7-5-6-12(3)15(13)10-14/h5-11H,4H2,1-3H3/t11-/m0/s1. The lowest BCUT2D eigenvalue weighted by atomic mass is 9.94. The number of rotatable bonds is 2. The van der Waals surface area contributed by atoms with E-state index >= 15 is 0 Å². The fourth-order valence-electron chi connectivity index (χ4n) is 1.99. The molecule has 15 heavy (non-hydrogen) atoms. The Bertz CT molecular complexity index is 468. The summed E-state index contributed by atoms with van der Waals surface area (Å²) in [6.07, 6.45) is 1.21. The third-order valence-corrected chi connectivity index (χ3v) is 3.31. The SMILES string of the molecule is CC[C@H](C)c1ccc2cccc(C)c2c1. The molecular weight excluding hydrogens is 180 g/mol. The van der Waals surface area contributed by atoms with Gasteiger partial charge in [-0.15, -0.1) is 0 Å². The lowest BCUT2D eigenvalue weighted by Gasteiger charge is -2.11. The summed E-state index contributed by atoms with van der Waals surface area (Å²) < 4.78 is 0. The van der Waals surface area contributed by atoms with E-state index in [0.717, 1.165) is 0 Å². The Morgan fingerprint density at radius 2 is 1.93 bits per heavy atom. The molecule has 0 unspecified atom stereocenters. The predicted molar refractivity (Wildman–Crippen MR) is 67.4 cm³/mol. The molecule has 0 aliphatic heterocycles. The molecule has 0 saturated heterocycles. The van der Waals surface area contributed by atoms with Gasteiger partial charge in [-0.1, -0.05) is 50.2 Å². The van der Waals surface area contributed by atoms with Crippen LogP contribution in [0, 0.1) is 6.92 Å². The van der Waals surface area contributed by atoms with Gasteiger partial charge in [0.25, 0.3) is 0 Å². The molecule has 0 saturated carbocycles. The lowest BCUT2D eigenvalue weighted by molar-refractivity contribution is 0.734. The van der Waals surface area contributed by atoms with Crippen LogP contribution in [0.3, 0.4) is 0 Å². The minimum Gasteiger partial charge on any atom is -0.0648 e. The van der Waals surface area contributed by atoms with E-state index in [-0.39, 0.29) is 0 Å². The Hall–Kier alpha value is -1.30. The van der Waals surface area contributed by atoms with Gasteiger partial charge in [0, 0.05) is 0 Å². The molecule has 2 rings (SSSR count). The van der Waals surface area contributed by atoms with Gasteiger partial charge in [-0.3, -0.25) is 0 Å². The molecule has 0 aliphatic rings. The number of hydrogen-bond donors (Lipinski definition) is 0. The number of benzene rings is 2. The van der Waals surface area contributed by atoms with E-state index in [9.17, 15) is 0 Å². The molecular formula is C15H18. The largest absolute Gasteiger partial charge is 0.0648 e. The van der Waals surface area contributed by atoms with Gasteiger partial charge in [0.2, 0.25) is 0 Å². The first kappa shape index (κ1) is 10.2. The van der Waals surface area contributed by atoms with Crippen LogP contribution in [0.4, 0.5) is 0 Å². The Morgan fingerprint density at radius 3 is 2.67 bits per heavy atom. The highest BCUT2D eigenvalue weighted by atomic mass is 14.1. The van der Waals surface area contributed by atoms with E-state index in [1.807, 2.05) is 0 Å². The van der Waals surface area contributed by atoms with E-state index in [1.54, 1.807) is 0 Å². The quantitative estimate of drug-likeness (QED) is 0.658. The van der Waals surface area contributed by atoms with Crippen LogP contribution in [-0.4, -0.2) is 0 Å². The number of aryl methyl sites for hydroxylation is 1. The van der Waals surface area contributed by atoms with Crippen molar-refractivity contribution in [3.63, 3.8) is 0 Å². The summed E-state index contributed by atoms with van der Waals surface area (Å²) in [6, 6.07) is 13.3. The average Bonchev–Trinajstić information content (AvgIpc) is 2.28. The van der Waals surface area contributed by atoms with E-state index in [0.29, 0.717) is 5.92 Å². The van der Waals surface area contributed by atoms with Crippen LogP contribution in [0.25, 0.3) is 10.8 Å². The van der Waals surface area contributed by atoms with Crippen molar-refractivity contribution in [3.8, 4) is 0 Å². The van der Waals surface area contributed by atoms with Crippen LogP contribution < -0.4 is 0 Å². The first-order chi connectivity index (χ1) is 7.22. The maximum absolute atomic E-state index is 2.35. The van der Waals surface area contributed by atoms with Gasteiger partial charge in [-0.25, -0.2) is 0 Å². The highest BCUT2D eigenvalue weighted by Gasteiger charge is 2.04. The van der Waals surface area contributed by atoms with Crippen molar-refractivity contribution in [2.24, 2.45) is 0 Å². The van der Waals surface area contributed by atoms with Crippen LogP contribution >= 0.6 is 0 Å². The minimum atomic E-state index is 0.661. The topological polar surface area (TPSA) is 0 Å². The zero-order valence-corrected chi connectivity index (χ0v) is 9.75. The van der Waals surface area contributed by atoms with E-state index in [4.69, 9.17) is 0 Å². The fourth-order valence-corrected chi connectivity index (χ4v) is 1.99. The molecule has 0 nitrogen and oxygen atoms in total. The third-order valence-electron chi connectivity index (χ3n) is 3.31. The van der Waals surface area contributed by atoms with Crippen molar-refractivity contribution in [2.75, 3.05) is 0 Å². The molecule has 0 heterocycles. The van der Waals surface area contributed by atoms with E-state index in [2.05, 4.69) is 57.2 Å². The van der Waals surface area contributed by atoms with Crippen molar-refractivity contribution in [1.82, 2.24) is 0 Å². The normalized spacial score (nSPS) is 13.0. The third kappa shape index (κ3) is 1.90. The average molecular weight is 198 g/mol. The first-order valence-electron chi connectivity index (χ1n) is 5.71. The Balaban J connectivity index is 2.59. The summed E-state index contributed by atoms with van der Waals surface area (Å²) in [4.78, 5) is 0. The Kier molecular flexibility index (Phi) is 2.77. The molecule has 0 amide bonds. The second kappa shape index (κ2) is 4.06. The maximum atomic E-state index is 2.35. The lowest BCUT2D eigenvalue weighted by Crippen LogP contribution is -1.91. The van der Waals surface area contributed by atoms with Gasteiger partial charge in [-0.05, 0) is 41.2 Å². The van der Waals surface area contributed by atoms with Crippen molar-refractivity contribution in [3.05, 3.63) is 47.5 Å². The summed E-state index contributed by atoms with van der Waals surface area (Å²) in [5, 5.41) is 2.75. The molecule has 0 spiro atoms. The number of fused-ring (bicyclic) bond motifs is 1. The van der Waals surface area contributed by atoms with Gasteiger partial charge in [0.05, 0.1) is 0 Å². The predicted octanol–water partition coefficient (Wildman–Crippen LogP) is 4.66. The van der Waals surface area contributed by atoms with Crippen molar-refractivity contribution in [2.45, 2.75) is 33.1 Å². The summed E-state index contributed by atoms with van der Waals surface area (Å²) >= 11 is 0. The maximum Gasteiger partial charge on any atom is -0.0152 e. The minimum absolute atomic E-state index is 0.661. The van der Waals surface area contributed by atoms with E-state index in [1.165, 1.54) is 28.3 Å². The van der Waals surface area contributed by atoms with Gasteiger partial charge >= 0.3 is 0 Å². The van der Waals surface area contributed by atoms with Gasteiger partial charge in [0.1, 0.15) is 0 Å². The van der Waals surface area contributed by atoms with Crippen LogP contribution in [0.15, 0.2) is 36.4 Å². The van der Waals surface area contributed by atoms with Crippen molar-refractivity contribution < 1.29 is 0 Å². The summed E-state index contributed by atoms with van der Waals surface area (Å²) in [6.45, 7) is 6.72. The zero-order valence-electron chi connectivity index (χ0n) is 9.75. The molecule has 0 heteroatoms. The van der Waals surface area contributed by atoms with Crippen LogP contribution in [-0.2, 0) is 0 Å². The molecule has 1 atom stereocenters. The Morgan fingerprint density at radius 1 is 1.13 bits per heavy atom. The summed E-state index contributed by atoms with van der Waals surface area (Å²) in [5.41, 5.74) is 2.83. The highest BCUT2D eigenvalue weighted by Crippen LogP contribution is 2.25. The monoisotopic (exact) mass is 198 g/mol. The Labute approximate surface area is 91.9 Å². The van der Waals surface area contributed by atoms with Crippen LogP contribution in [0.1, 0.15) is 37.3 Å². The summed E-state index contributed by atoms with van der Waals surface area (Å²) in [5.74, 6) is 0.661. The van der Waals surface area contributed by atoms with Crippen molar-refractivity contribution >= 4 is 10.8 Å². The van der Waals surface area contributed by atoms with E-state index < -0.39 is 0 Å². The summed E-state index contributed by atoms with van der Waals surface area (Å²) in [7, 11) is 0. The molecule has 2 aromatic rings. The van der Waals surface area contributed by atoms with Gasteiger partial charge in [0.15, 0.2) is 0 Å². The van der Waals surface area contributed by atoms with Crippen molar-refractivity contribution in [1.29, 1.82) is 0 Å². The smallest absolute Gasteiger partial charge is 0.0152 e. The fraction of sp³-hybridized carbons (Fsp3) is 0.333. The van der Waals surface area contributed by atoms with Gasteiger partial charge < -0.3 is 0 Å². The first-order valence-corrected chi connectivity index (χ1v) is 5.71. The molecule has 0 aromatic heterocycles.